The van der Waals surface area contributed by atoms with Crippen molar-refractivity contribution in [3.63, 3.8) is 0 Å². The molecule has 3 heteroatoms. The van der Waals surface area contributed by atoms with E-state index in [2.05, 4.69) is 11.2 Å². The number of hydrogen-bond acceptors (Lipinski definition) is 1. The molecular formula is C11H10ClNO. The number of amides is 1. The van der Waals surface area contributed by atoms with Crippen molar-refractivity contribution in [3.05, 3.63) is 34.3 Å². The Morgan fingerprint density at radius 3 is 2.86 bits per heavy atom. The zero-order valence-corrected chi connectivity index (χ0v) is 8.51. The predicted octanol–water partition coefficient (Wildman–Crippen LogP) is 2.13. The van der Waals surface area contributed by atoms with Crippen LogP contribution in [-0.4, -0.2) is 6.41 Å². The van der Waals surface area contributed by atoms with Gasteiger partial charge in [-0.15, -0.1) is 6.42 Å². The van der Waals surface area contributed by atoms with Gasteiger partial charge in [-0.05, 0) is 24.6 Å². The fourth-order valence-corrected chi connectivity index (χ4v) is 1.50. The van der Waals surface area contributed by atoms with Crippen LogP contribution < -0.4 is 5.32 Å². The Kier molecular flexibility index (Phi) is 3.55. The van der Waals surface area contributed by atoms with Crippen LogP contribution in [0, 0.1) is 12.3 Å². The van der Waals surface area contributed by atoms with E-state index in [0.717, 1.165) is 11.1 Å². The Morgan fingerprint density at radius 1 is 1.64 bits per heavy atom. The summed E-state index contributed by atoms with van der Waals surface area (Å²) in [4.78, 5) is 10.2. The second kappa shape index (κ2) is 4.69. The summed E-state index contributed by atoms with van der Waals surface area (Å²) in [6.45, 7) is 1.85. The monoisotopic (exact) mass is 207 g/mol. The van der Waals surface area contributed by atoms with Gasteiger partial charge in [0.1, 0.15) is 0 Å². The number of carbonyl (C=O) groups is 1. The number of halogens is 1. The number of terminal acetylenes is 1. The minimum Gasteiger partial charge on any atom is -0.352 e. The molecule has 0 heterocycles. The molecule has 2 nitrogen and oxygen atoms in total. The van der Waals surface area contributed by atoms with Gasteiger partial charge in [-0.25, -0.2) is 0 Å². The lowest BCUT2D eigenvalue weighted by Gasteiger charge is -2.12. The SMILES string of the molecule is C#Cc1ccc([C@H](C)NC=O)c(Cl)c1. The van der Waals surface area contributed by atoms with E-state index in [0.29, 0.717) is 11.4 Å². The fourth-order valence-electron chi connectivity index (χ4n) is 1.16. The summed E-state index contributed by atoms with van der Waals surface area (Å²) in [6.07, 6.45) is 5.87. The molecule has 72 valence electrons. The van der Waals surface area contributed by atoms with Gasteiger partial charge in [0.15, 0.2) is 0 Å². The summed E-state index contributed by atoms with van der Waals surface area (Å²) < 4.78 is 0. The molecule has 0 aliphatic heterocycles. The van der Waals surface area contributed by atoms with Crippen molar-refractivity contribution >= 4 is 18.0 Å². The summed E-state index contributed by atoms with van der Waals surface area (Å²) in [5.74, 6) is 2.49. The van der Waals surface area contributed by atoms with Crippen molar-refractivity contribution in [2.45, 2.75) is 13.0 Å². The highest BCUT2D eigenvalue weighted by molar-refractivity contribution is 6.31. The van der Waals surface area contributed by atoms with Crippen LogP contribution in [0.25, 0.3) is 0 Å². The normalized spacial score (nSPS) is 11.5. The van der Waals surface area contributed by atoms with Crippen molar-refractivity contribution < 1.29 is 4.79 Å². The molecule has 0 saturated heterocycles. The van der Waals surface area contributed by atoms with E-state index in [1.807, 2.05) is 13.0 Å². The van der Waals surface area contributed by atoms with Crippen LogP contribution in [-0.2, 0) is 4.79 Å². The van der Waals surface area contributed by atoms with Crippen molar-refractivity contribution in [2.24, 2.45) is 0 Å². The molecule has 14 heavy (non-hydrogen) atoms. The summed E-state index contributed by atoms with van der Waals surface area (Å²) in [7, 11) is 0. The predicted molar refractivity (Wildman–Crippen MR) is 57.0 cm³/mol. The smallest absolute Gasteiger partial charge is 0.207 e. The average Bonchev–Trinajstić information content (AvgIpc) is 2.17. The second-order valence-electron chi connectivity index (χ2n) is 2.89. The van der Waals surface area contributed by atoms with Gasteiger partial charge in [-0.1, -0.05) is 23.6 Å². The van der Waals surface area contributed by atoms with Crippen LogP contribution in [0.1, 0.15) is 24.1 Å². The van der Waals surface area contributed by atoms with Crippen molar-refractivity contribution in [3.8, 4) is 12.3 Å². The molecule has 0 bridgehead atoms. The number of rotatable bonds is 3. The summed E-state index contributed by atoms with van der Waals surface area (Å²) in [6, 6.07) is 5.22. The van der Waals surface area contributed by atoms with Gasteiger partial charge in [-0.2, -0.15) is 0 Å². The molecule has 1 amide bonds. The molecule has 1 aromatic rings. The maximum atomic E-state index is 10.2. The zero-order valence-electron chi connectivity index (χ0n) is 7.75. The first-order valence-corrected chi connectivity index (χ1v) is 4.52. The molecule has 1 rings (SSSR count). The van der Waals surface area contributed by atoms with Crippen molar-refractivity contribution in [1.82, 2.24) is 5.32 Å². The van der Waals surface area contributed by atoms with Gasteiger partial charge in [-0.3, -0.25) is 4.79 Å². The Morgan fingerprint density at radius 2 is 2.36 bits per heavy atom. The molecule has 1 aromatic carbocycles. The highest BCUT2D eigenvalue weighted by Gasteiger charge is 2.08. The lowest BCUT2D eigenvalue weighted by Crippen LogP contribution is -2.16. The first kappa shape index (κ1) is 10.6. The highest BCUT2D eigenvalue weighted by atomic mass is 35.5. The van der Waals surface area contributed by atoms with Gasteiger partial charge in [0, 0.05) is 10.6 Å². The van der Waals surface area contributed by atoms with E-state index in [4.69, 9.17) is 18.0 Å². The first-order chi connectivity index (χ1) is 6.69. The van der Waals surface area contributed by atoms with E-state index in [-0.39, 0.29) is 6.04 Å². The van der Waals surface area contributed by atoms with E-state index in [1.165, 1.54) is 0 Å². The molecule has 0 spiro atoms. The molecule has 0 fully saturated rings. The van der Waals surface area contributed by atoms with Crippen LogP contribution in [0.3, 0.4) is 0 Å². The molecule has 0 aromatic heterocycles. The summed E-state index contributed by atoms with van der Waals surface area (Å²) >= 11 is 5.99. The van der Waals surface area contributed by atoms with Gasteiger partial charge < -0.3 is 5.32 Å². The van der Waals surface area contributed by atoms with Crippen LogP contribution in [0.4, 0.5) is 0 Å². The third kappa shape index (κ3) is 2.27. The topological polar surface area (TPSA) is 29.1 Å². The van der Waals surface area contributed by atoms with E-state index in [1.54, 1.807) is 12.1 Å². The molecule has 0 aliphatic carbocycles. The van der Waals surface area contributed by atoms with E-state index in [9.17, 15) is 4.79 Å². The number of carbonyl (C=O) groups excluding carboxylic acids is 1. The third-order valence-corrected chi connectivity index (χ3v) is 2.28. The van der Waals surface area contributed by atoms with Crippen molar-refractivity contribution in [1.29, 1.82) is 0 Å². The molecule has 0 saturated carbocycles. The zero-order chi connectivity index (χ0) is 10.6. The third-order valence-electron chi connectivity index (χ3n) is 1.95. The summed E-state index contributed by atoms with van der Waals surface area (Å²) in [5, 5.41) is 3.19. The van der Waals surface area contributed by atoms with E-state index < -0.39 is 0 Å². The van der Waals surface area contributed by atoms with Gasteiger partial charge >= 0.3 is 0 Å². The summed E-state index contributed by atoms with van der Waals surface area (Å²) in [5.41, 5.74) is 1.59. The van der Waals surface area contributed by atoms with Crippen LogP contribution >= 0.6 is 11.6 Å². The van der Waals surface area contributed by atoms with Gasteiger partial charge in [0.05, 0.1) is 6.04 Å². The molecule has 0 radical (unpaired) electrons. The Labute approximate surface area is 88.3 Å². The Hall–Kier alpha value is -1.46. The molecular weight excluding hydrogens is 198 g/mol. The molecule has 0 unspecified atom stereocenters. The molecule has 1 N–H and O–H groups in total. The largest absolute Gasteiger partial charge is 0.352 e. The Bertz CT molecular complexity index is 381. The standard InChI is InChI=1S/C11H10ClNO/c1-3-9-4-5-10(11(12)6-9)8(2)13-7-14/h1,4-8H,2H3,(H,13,14)/t8-/m0/s1. The first-order valence-electron chi connectivity index (χ1n) is 4.14. The second-order valence-corrected chi connectivity index (χ2v) is 3.29. The number of nitrogens with one attached hydrogen (secondary N) is 1. The van der Waals surface area contributed by atoms with Gasteiger partial charge in [0.25, 0.3) is 0 Å². The van der Waals surface area contributed by atoms with Gasteiger partial charge in [0.2, 0.25) is 6.41 Å². The van der Waals surface area contributed by atoms with E-state index >= 15 is 0 Å². The van der Waals surface area contributed by atoms with Crippen LogP contribution in [0.2, 0.25) is 5.02 Å². The lowest BCUT2D eigenvalue weighted by atomic mass is 10.1. The fraction of sp³-hybridized carbons (Fsp3) is 0.182. The van der Waals surface area contributed by atoms with Crippen LogP contribution in [0.15, 0.2) is 18.2 Å². The molecule has 1 atom stereocenters. The maximum Gasteiger partial charge on any atom is 0.207 e. The van der Waals surface area contributed by atoms with Crippen molar-refractivity contribution in [2.75, 3.05) is 0 Å². The van der Waals surface area contributed by atoms with Crippen LogP contribution in [0.5, 0.6) is 0 Å². The average molecular weight is 208 g/mol. The lowest BCUT2D eigenvalue weighted by molar-refractivity contribution is -0.110. The Balaban J connectivity index is 3.00. The quantitative estimate of drug-likeness (QED) is 0.597. The maximum absolute atomic E-state index is 10.2. The molecule has 0 aliphatic rings. The minimum atomic E-state index is -0.105. The minimum absolute atomic E-state index is 0.105. The number of hydrogen-bond donors (Lipinski definition) is 1. The highest BCUT2D eigenvalue weighted by Crippen LogP contribution is 2.23. The number of benzene rings is 1.